The molecule has 1 unspecified atom stereocenters. The number of nitrogens with one attached hydrogen (secondary N) is 1. The summed E-state index contributed by atoms with van der Waals surface area (Å²) in [4.78, 5) is 44.8. The number of nitrogens with zero attached hydrogens (tertiary/aromatic N) is 2. The minimum absolute atomic E-state index is 0.0253. The topological polar surface area (TPSA) is 88.1 Å². The smallest absolute Gasteiger partial charge is 0.338 e. The number of benzene rings is 3. The third kappa shape index (κ3) is 7.62. The molecule has 39 heavy (non-hydrogen) atoms. The molecule has 10 heteroatoms. The minimum atomic E-state index is -0.679. The summed E-state index contributed by atoms with van der Waals surface area (Å²) < 4.78 is 5.04. The molecular formula is C29H27Cl2N3O4S. The number of amidine groups is 1. The van der Waals surface area contributed by atoms with Crippen molar-refractivity contribution in [2.24, 2.45) is 4.99 Å². The highest BCUT2D eigenvalue weighted by molar-refractivity contribution is 8.15. The van der Waals surface area contributed by atoms with Gasteiger partial charge in [-0.25, -0.2) is 9.79 Å². The second-order valence-corrected chi connectivity index (χ2v) is 10.9. The van der Waals surface area contributed by atoms with Crippen LogP contribution < -0.4 is 5.32 Å². The standard InChI is InChI=1S/C29H27Cl2N3O4S/c1-3-38-28(37)20-7-12-22(13-8-20)33-29-34(15-14-19-5-9-21(30)10-6-19)26(35)17-25(39-29)27(36)32-23-11-4-18(2)24(31)16-23/h4-13,16,25H,3,14-15,17H2,1-2H3,(H,32,36). The Labute approximate surface area is 241 Å². The number of halogens is 2. The maximum atomic E-state index is 13.3. The van der Waals surface area contributed by atoms with Crippen LogP contribution in [0.1, 0.15) is 34.8 Å². The summed E-state index contributed by atoms with van der Waals surface area (Å²) in [5.41, 5.74) is 3.42. The number of carbonyl (C=O) groups is 3. The molecule has 202 valence electrons. The highest BCUT2D eigenvalue weighted by Crippen LogP contribution is 2.31. The molecule has 2 amide bonds. The second kappa shape index (κ2) is 13.2. The second-order valence-electron chi connectivity index (χ2n) is 8.85. The summed E-state index contributed by atoms with van der Waals surface area (Å²) in [6.45, 7) is 4.29. The number of aliphatic imine (C=N–C) groups is 1. The Hall–Kier alpha value is -3.33. The van der Waals surface area contributed by atoms with E-state index in [1.54, 1.807) is 48.2 Å². The lowest BCUT2D eigenvalue weighted by Gasteiger charge is -2.32. The lowest BCUT2D eigenvalue weighted by atomic mass is 10.1. The van der Waals surface area contributed by atoms with Crippen molar-refractivity contribution in [3.8, 4) is 0 Å². The number of rotatable bonds is 8. The van der Waals surface area contributed by atoms with Crippen molar-refractivity contribution in [2.45, 2.75) is 31.9 Å². The maximum absolute atomic E-state index is 13.3. The van der Waals surface area contributed by atoms with E-state index in [4.69, 9.17) is 32.9 Å². The van der Waals surface area contributed by atoms with E-state index < -0.39 is 11.2 Å². The van der Waals surface area contributed by atoms with E-state index in [2.05, 4.69) is 5.32 Å². The number of esters is 1. The third-order valence-corrected chi connectivity index (χ3v) is 7.86. The van der Waals surface area contributed by atoms with Crippen LogP contribution in [-0.4, -0.2) is 46.3 Å². The number of carbonyl (C=O) groups excluding carboxylic acids is 3. The quantitative estimate of drug-likeness (QED) is 0.299. The van der Waals surface area contributed by atoms with Gasteiger partial charge < -0.3 is 10.1 Å². The average molecular weight is 585 g/mol. The van der Waals surface area contributed by atoms with E-state index in [9.17, 15) is 14.4 Å². The summed E-state index contributed by atoms with van der Waals surface area (Å²) in [6, 6.07) is 19.3. The van der Waals surface area contributed by atoms with Gasteiger partial charge in [-0.15, -0.1) is 0 Å². The molecule has 1 aliphatic rings. The lowest BCUT2D eigenvalue weighted by molar-refractivity contribution is -0.129. The van der Waals surface area contributed by atoms with Crippen LogP contribution >= 0.6 is 35.0 Å². The Kier molecular flexibility index (Phi) is 9.67. The monoisotopic (exact) mass is 583 g/mol. The molecule has 1 aliphatic heterocycles. The molecular weight excluding hydrogens is 557 g/mol. The summed E-state index contributed by atoms with van der Waals surface area (Å²) >= 11 is 13.4. The van der Waals surface area contributed by atoms with Gasteiger partial charge in [-0.1, -0.05) is 53.2 Å². The van der Waals surface area contributed by atoms with E-state index in [0.717, 1.165) is 11.1 Å². The Morgan fingerprint density at radius 2 is 1.79 bits per heavy atom. The first-order chi connectivity index (χ1) is 18.7. The molecule has 7 nitrogen and oxygen atoms in total. The summed E-state index contributed by atoms with van der Waals surface area (Å²) in [7, 11) is 0. The summed E-state index contributed by atoms with van der Waals surface area (Å²) in [5.74, 6) is -0.931. The van der Waals surface area contributed by atoms with Crippen LogP contribution in [-0.2, 0) is 20.7 Å². The molecule has 4 rings (SSSR count). The zero-order valence-corrected chi connectivity index (χ0v) is 23.8. The van der Waals surface area contributed by atoms with Gasteiger partial charge in [0.25, 0.3) is 0 Å². The van der Waals surface area contributed by atoms with Crippen LogP contribution in [0.3, 0.4) is 0 Å². The highest BCUT2D eigenvalue weighted by atomic mass is 35.5. The van der Waals surface area contributed by atoms with Gasteiger partial charge in [0.1, 0.15) is 5.25 Å². The maximum Gasteiger partial charge on any atom is 0.338 e. The molecule has 0 radical (unpaired) electrons. The molecule has 3 aromatic carbocycles. The van der Waals surface area contributed by atoms with Crippen molar-refractivity contribution in [1.29, 1.82) is 0 Å². The molecule has 0 spiro atoms. The molecule has 1 N–H and O–H groups in total. The number of hydrogen-bond acceptors (Lipinski definition) is 6. The molecule has 1 atom stereocenters. The molecule has 0 saturated carbocycles. The van der Waals surface area contributed by atoms with Gasteiger partial charge in [-0.3, -0.25) is 14.5 Å². The number of anilines is 1. The van der Waals surface area contributed by atoms with Crippen molar-refractivity contribution in [3.05, 3.63) is 93.5 Å². The van der Waals surface area contributed by atoms with Gasteiger partial charge in [0.15, 0.2) is 5.17 Å². The van der Waals surface area contributed by atoms with Crippen molar-refractivity contribution >= 4 is 69.3 Å². The fourth-order valence-electron chi connectivity index (χ4n) is 3.84. The Morgan fingerprint density at radius 3 is 2.46 bits per heavy atom. The van der Waals surface area contributed by atoms with Gasteiger partial charge in [-0.2, -0.15) is 0 Å². The van der Waals surface area contributed by atoms with Crippen LogP contribution in [0.15, 0.2) is 71.7 Å². The minimum Gasteiger partial charge on any atom is -0.462 e. The van der Waals surface area contributed by atoms with E-state index in [-0.39, 0.29) is 24.8 Å². The van der Waals surface area contributed by atoms with Gasteiger partial charge in [0.05, 0.1) is 17.9 Å². The third-order valence-electron chi connectivity index (χ3n) is 6.01. The number of ether oxygens (including phenoxy) is 1. The molecule has 0 aliphatic carbocycles. The van der Waals surface area contributed by atoms with Gasteiger partial charge >= 0.3 is 5.97 Å². The van der Waals surface area contributed by atoms with E-state index >= 15 is 0 Å². The first kappa shape index (κ1) is 28.7. The average Bonchev–Trinajstić information content (AvgIpc) is 2.91. The number of hydrogen-bond donors (Lipinski definition) is 1. The molecule has 0 aromatic heterocycles. The van der Waals surface area contributed by atoms with Gasteiger partial charge in [0, 0.05) is 28.7 Å². The molecule has 1 heterocycles. The molecule has 1 fully saturated rings. The predicted molar refractivity (Wildman–Crippen MR) is 157 cm³/mol. The first-order valence-electron chi connectivity index (χ1n) is 12.4. The van der Waals surface area contributed by atoms with Gasteiger partial charge in [0.2, 0.25) is 11.8 Å². The largest absolute Gasteiger partial charge is 0.462 e. The van der Waals surface area contributed by atoms with E-state index in [1.807, 2.05) is 37.3 Å². The lowest BCUT2D eigenvalue weighted by Crippen LogP contribution is -2.46. The Bertz CT molecular complexity index is 1390. The Balaban J connectivity index is 1.56. The zero-order chi connectivity index (χ0) is 27.9. The Morgan fingerprint density at radius 1 is 1.08 bits per heavy atom. The number of thioether (sulfide) groups is 1. The SMILES string of the molecule is CCOC(=O)c1ccc(N=C2SC(C(=O)Nc3ccc(C)c(Cl)c3)CC(=O)N2CCc2ccc(Cl)cc2)cc1. The summed E-state index contributed by atoms with van der Waals surface area (Å²) in [6.07, 6.45) is 0.612. The van der Waals surface area contributed by atoms with Crippen molar-refractivity contribution in [1.82, 2.24) is 4.90 Å². The number of aryl methyl sites for hydroxylation is 1. The number of amides is 2. The van der Waals surface area contributed by atoms with E-state index in [0.29, 0.717) is 45.1 Å². The normalized spacial score (nSPS) is 16.3. The zero-order valence-electron chi connectivity index (χ0n) is 21.4. The van der Waals surface area contributed by atoms with Crippen molar-refractivity contribution in [2.75, 3.05) is 18.5 Å². The van der Waals surface area contributed by atoms with Crippen LogP contribution in [0.4, 0.5) is 11.4 Å². The van der Waals surface area contributed by atoms with Gasteiger partial charge in [-0.05, 0) is 79.9 Å². The first-order valence-corrected chi connectivity index (χ1v) is 14.0. The summed E-state index contributed by atoms with van der Waals surface area (Å²) in [5, 5.41) is 3.77. The highest BCUT2D eigenvalue weighted by Gasteiger charge is 2.36. The fraction of sp³-hybridized carbons (Fsp3) is 0.241. The van der Waals surface area contributed by atoms with Crippen molar-refractivity contribution < 1.29 is 19.1 Å². The van der Waals surface area contributed by atoms with Crippen LogP contribution in [0.2, 0.25) is 10.0 Å². The molecule has 1 saturated heterocycles. The van der Waals surface area contributed by atoms with Crippen LogP contribution in [0, 0.1) is 6.92 Å². The predicted octanol–water partition coefficient (Wildman–Crippen LogP) is 6.68. The van der Waals surface area contributed by atoms with Crippen LogP contribution in [0.25, 0.3) is 0 Å². The fourth-order valence-corrected chi connectivity index (χ4v) is 5.27. The van der Waals surface area contributed by atoms with Crippen molar-refractivity contribution in [3.63, 3.8) is 0 Å². The molecule has 3 aromatic rings. The van der Waals surface area contributed by atoms with Crippen LogP contribution in [0.5, 0.6) is 0 Å². The molecule has 0 bridgehead atoms. The van der Waals surface area contributed by atoms with E-state index in [1.165, 1.54) is 11.8 Å².